The van der Waals surface area contributed by atoms with E-state index >= 15 is 0 Å². The van der Waals surface area contributed by atoms with Crippen molar-refractivity contribution in [1.29, 1.82) is 0 Å². The predicted molar refractivity (Wildman–Crippen MR) is 188 cm³/mol. The van der Waals surface area contributed by atoms with E-state index in [-0.39, 0.29) is 58.1 Å². The highest BCUT2D eigenvalue weighted by molar-refractivity contribution is 6.24. The number of esters is 2. The number of likely N-dealkylation sites (tertiary alicyclic amines) is 2. The van der Waals surface area contributed by atoms with Crippen LogP contribution in [-0.2, 0) is 23.8 Å². The number of aromatic nitrogens is 3. The Kier molecular flexibility index (Phi) is 11.4. The van der Waals surface area contributed by atoms with Gasteiger partial charge in [-0.25, -0.2) is 19.6 Å². The highest BCUT2D eigenvalue weighted by Crippen LogP contribution is 2.43. The van der Waals surface area contributed by atoms with Gasteiger partial charge in [0, 0.05) is 35.2 Å². The number of ether oxygens (including phenoxy) is 3. The lowest BCUT2D eigenvalue weighted by Gasteiger charge is -2.54. The molecule has 0 aromatic carbocycles. The molecular formula is C35H58N8O5. The number of morpholine rings is 1. The lowest BCUT2D eigenvalue weighted by molar-refractivity contribution is -0.147. The predicted octanol–water partition coefficient (Wildman–Crippen LogP) is 4.77. The van der Waals surface area contributed by atoms with Gasteiger partial charge < -0.3 is 19.1 Å². The maximum absolute atomic E-state index is 12.9. The summed E-state index contributed by atoms with van der Waals surface area (Å²) < 4.78 is 17.1. The highest BCUT2D eigenvalue weighted by atomic mass is 16.5. The van der Waals surface area contributed by atoms with Crippen molar-refractivity contribution in [1.82, 2.24) is 24.8 Å². The van der Waals surface area contributed by atoms with E-state index in [1.807, 2.05) is 18.7 Å². The average Bonchev–Trinajstić information content (AvgIpc) is 3.00. The Morgan fingerprint density at radius 1 is 0.708 bits per heavy atom. The molecule has 268 valence electrons. The minimum atomic E-state index is -0.576. The second kappa shape index (κ2) is 14.4. The molecule has 0 bridgehead atoms. The minimum absolute atomic E-state index is 0.0117. The first-order valence-corrected chi connectivity index (χ1v) is 17.3. The molecule has 0 N–H and O–H groups in total. The van der Waals surface area contributed by atoms with E-state index in [0.29, 0.717) is 32.3 Å². The molecule has 0 spiro atoms. The zero-order chi connectivity index (χ0) is 35.7. The number of hydrogen-bond donors (Lipinski definition) is 0. The van der Waals surface area contributed by atoms with Gasteiger partial charge in [0.15, 0.2) is 0 Å². The van der Waals surface area contributed by atoms with Crippen molar-refractivity contribution in [2.24, 2.45) is 21.8 Å². The molecule has 4 heterocycles. The van der Waals surface area contributed by atoms with Crippen LogP contribution in [0.25, 0.3) is 0 Å². The fourth-order valence-corrected chi connectivity index (χ4v) is 7.77. The van der Waals surface area contributed by atoms with Crippen LogP contribution in [-0.4, -0.2) is 124 Å². The molecular weight excluding hydrogens is 612 g/mol. The van der Waals surface area contributed by atoms with Crippen LogP contribution < -0.4 is 4.90 Å². The summed E-state index contributed by atoms with van der Waals surface area (Å²) in [5.74, 6) is -0.433. The van der Waals surface area contributed by atoms with E-state index in [0.717, 1.165) is 38.1 Å². The van der Waals surface area contributed by atoms with Crippen LogP contribution in [0.5, 0.6) is 0 Å². The molecule has 0 amide bonds. The van der Waals surface area contributed by atoms with Crippen LogP contribution in [0.15, 0.2) is 9.98 Å². The largest absolute Gasteiger partial charge is 0.458 e. The van der Waals surface area contributed by atoms with Crippen LogP contribution in [0.3, 0.4) is 0 Å². The quantitative estimate of drug-likeness (QED) is 0.266. The van der Waals surface area contributed by atoms with Gasteiger partial charge in [-0.2, -0.15) is 15.0 Å². The molecule has 3 fully saturated rings. The summed E-state index contributed by atoms with van der Waals surface area (Å²) in [4.78, 5) is 54.2. The third kappa shape index (κ3) is 9.15. The number of piperidine rings is 2. The maximum atomic E-state index is 12.9. The van der Waals surface area contributed by atoms with Gasteiger partial charge in [0.1, 0.15) is 24.6 Å². The summed E-state index contributed by atoms with van der Waals surface area (Å²) in [6.45, 7) is 23.8. The van der Waals surface area contributed by atoms with Crippen molar-refractivity contribution < 1.29 is 23.8 Å². The summed E-state index contributed by atoms with van der Waals surface area (Å²) in [6, 6.07) is 0. The summed E-state index contributed by atoms with van der Waals surface area (Å²) in [5, 5.41) is 0. The zero-order valence-corrected chi connectivity index (χ0v) is 31.2. The third-order valence-corrected chi connectivity index (χ3v) is 11.1. The zero-order valence-electron chi connectivity index (χ0n) is 31.2. The summed E-state index contributed by atoms with van der Waals surface area (Å²) >= 11 is 0. The summed E-state index contributed by atoms with van der Waals surface area (Å²) in [5.41, 5.74) is -0.0950. The molecule has 13 heteroatoms. The number of anilines is 1. The maximum Gasteiger partial charge on any atom is 0.349 e. The fourth-order valence-electron chi connectivity index (χ4n) is 7.77. The van der Waals surface area contributed by atoms with Gasteiger partial charge in [0.05, 0.1) is 13.2 Å². The molecule has 48 heavy (non-hydrogen) atoms. The smallest absolute Gasteiger partial charge is 0.349 e. The summed E-state index contributed by atoms with van der Waals surface area (Å²) in [6.07, 6.45) is 5.23. The molecule has 0 radical (unpaired) electrons. The van der Waals surface area contributed by atoms with Crippen molar-refractivity contribution >= 4 is 42.2 Å². The number of aliphatic imine (C=N–C) groups is 2. The van der Waals surface area contributed by atoms with Crippen molar-refractivity contribution in [2.45, 2.75) is 129 Å². The molecule has 3 aliphatic heterocycles. The number of rotatable bonds is 9. The Balaban J connectivity index is 1.45. The van der Waals surface area contributed by atoms with Crippen molar-refractivity contribution in [2.75, 3.05) is 45.3 Å². The Hall–Kier alpha value is -3.03. The number of nitrogens with zero attached hydrogens (tertiary/aromatic N) is 8. The lowest BCUT2D eigenvalue weighted by atomic mass is 9.72. The Labute approximate surface area is 286 Å². The number of carbonyl (C=O) groups is 2. The first-order valence-electron chi connectivity index (χ1n) is 17.3. The fraction of sp³-hybridized carbons (Fsp3) is 0.800. The van der Waals surface area contributed by atoms with E-state index in [9.17, 15) is 9.59 Å². The molecule has 3 aliphatic rings. The lowest BCUT2D eigenvalue weighted by Crippen LogP contribution is -2.60. The van der Waals surface area contributed by atoms with E-state index in [2.05, 4.69) is 104 Å². The van der Waals surface area contributed by atoms with Gasteiger partial charge in [0.25, 0.3) is 11.9 Å². The first kappa shape index (κ1) is 37.8. The molecule has 13 nitrogen and oxygen atoms in total. The van der Waals surface area contributed by atoms with Crippen molar-refractivity contribution in [3.8, 4) is 0 Å². The Morgan fingerprint density at radius 2 is 1.06 bits per heavy atom. The van der Waals surface area contributed by atoms with Crippen LogP contribution >= 0.6 is 0 Å². The van der Waals surface area contributed by atoms with Crippen molar-refractivity contribution in [3.05, 3.63) is 0 Å². The van der Waals surface area contributed by atoms with Gasteiger partial charge in [-0.1, -0.05) is 0 Å². The SMILES string of the molecule is CC(OC(=O)C=Nc1nc(N=CC(=O)OC(C)C2CC(C)(C)N(C)C(C)(C)C2)nc(N2CCOCC2)n1)C1CC(C)(C)N(C)C(C)(C)C1. The minimum Gasteiger partial charge on any atom is -0.458 e. The monoisotopic (exact) mass is 670 g/mol. The molecule has 0 saturated carbocycles. The number of hydrogen-bond acceptors (Lipinski definition) is 13. The second-order valence-electron chi connectivity index (χ2n) is 16.3. The van der Waals surface area contributed by atoms with E-state index < -0.39 is 11.9 Å². The van der Waals surface area contributed by atoms with Crippen LogP contribution in [0.1, 0.15) is 94.9 Å². The topological polar surface area (TPSA) is 135 Å². The van der Waals surface area contributed by atoms with Gasteiger partial charge in [-0.05, 0) is 121 Å². The molecule has 3 saturated heterocycles. The van der Waals surface area contributed by atoms with Gasteiger partial charge in [-0.3, -0.25) is 9.80 Å². The molecule has 0 aliphatic carbocycles. The molecule has 2 atom stereocenters. The van der Waals surface area contributed by atoms with Crippen LogP contribution in [0.2, 0.25) is 0 Å². The first-order chi connectivity index (χ1) is 22.2. The second-order valence-corrected chi connectivity index (χ2v) is 16.3. The Morgan fingerprint density at radius 3 is 1.42 bits per heavy atom. The standard InChI is InChI=1S/C35H58N8O5/c1-23(25-17-32(3,4)41(11)33(5,6)18-25)47-27(44)21-36-29-38-30(40-31(39-29)43-13-15-46-16-14-43)37-22-28(45)48-24(2)26-19-34(7,8)42(12)35(9,10)20-26/h21-26H,13-20H2,1-12H3. The van der Waals surface area contributed by atoms with Crippen LogP contribution in [0.4, 0.5) is 17.8 Å². The summed E-state index contributed by atoms with van der Waals surface area (Å²) in [7, 11) is 4.30. The molecule has 2 unspecified atom stereocenters. The van der Waals surface area contributed by atoms with Crippen molar-refractivity contribution in [3.63, 3.8) is 0 Å². The molecule has 4 rings (SSSR count). The van der Waals surface area contributed by atoms with Gasteiger partial charge >= 0.3 is 11.9 Å². The van der Waals surface area contributed by atoms with E-state index in [1.54, 1.807) is 0 Å². The number of carbonyl (C=O) groups excluding carboxylic acids is 2. The third-order valence-electron chi connectivity index (χ3n) is 11.1. The normalized spacial score (nSPS) is 24.9. The van der Waals surface area contributed by atoms with E-state index in [4.69, 9.17) is 14.2 Å². The molecule has 1 aromatic heterocycles. The highest BCUT2D eigenvalue weighted by Gasteiger charge is 2.46. The molecule has 1 aromatic rings. The van der Waals surface area contributed by atoms with E-state index in [1.165, 1.54) is 0 Å². The van der Waals surface area contributed by atoms with Crippen LogP contribution in [0, 0.1) is 11.8 Å². The average molecular weight is 671 g/mol. The Bertz CT molecular complexity index is 1240. The van der Waals surface area contributed by atoms with Gasteiger partial charge in [0.2, 0.25) is 5.95 Å². The van der Waals surface area contributed by atoms with Gasteiger partial charge in [-0.15, -0.1) is 0 Å².